The number of esters is 1. The average Bonchev–Trinajstić information content (AvgIpc) is 2.40. The van der Waals surface area contributed by atoms with Crippen molar-refractivity contribution in [2.24, 2.45) is 0 Å². The summed E-state index contributed by atoms with van der Waals surface area (Å²) in [7, 11) is 1.25. The lowest BCUT2D eigenvalue weighted by Gasteiger charge is -2.08. The highest BCUT2D eigenvalue weighted by Crippen LogP contribution is 2.24. The molecule has 0 aliphatic rings. The van der Waals surface area contributed by atoms with Crippen LogP contribution in [0.4, 0.5) is 4.39 Å². The van der Waals surface area contributed by atoms with Crippen LogP contribution in [0.5, 0.6) is 0 Å². The summed E-state index contributed by atoms with van der Waals surface area (Å²) in [6.45, 7) is 1.63. The molecule has 0 atom stereocenters. The molecule has 4 nitrogen and oxygen atoms in total. The maximum absolute atomic E-state index is 13.8. The van der Waals surface area contributed by atoms with E-state index in [4.69, 9.17) is 23.8 Å². The van der Waals surface area contributed by atoms with Gasteiger partial charge in [-0.2, -0.15) is 0 Å². The highest BCUT2D eigenvalue weighted by molar-refractivity contribution is 7.71. The van der Waals surface area contributed by atoms with Gasteiger partial charge < -0.3 is 9.72 Å². The Balaban J connectivity index is 2.64. The van der Waals surface area contributed by atoms with Gasteiger partial charge in [0.15, 0.2) is 0 Å². The minimum absolute atomic E-state index is 0.0440. The Kier molecular flexibility index (Phi) is 4.15. The largest absolute Gasteiger partial charge is 0.465 e. The molecule has 0 spiro atoms. The molecule has 0 saturated heterocycles. The number of H-pyrrole nitrogens is 1. The number of nitrogens with zero attached hydrogens (tertiary/aromatic N) is 1. The van der Waals surface area contributed by atoms with Gasteiger partial charge in [0, 0.05) is 10.7 Å². The number of carbonyl (C=O) groups excluding carboxylic acids is 1. The van der Waals surface area contributed by atoms with Gasteiger partial charge in [-0.1, -0.05) is 23.8 Å². The van der Waals surface area contributed by atoms with E-state index >= 15 is 0 Å². The molecule has 0 aliphatic heterocycles. The quantitative estimate of drug-likeness (QED) is 0.678. The lowest BCUT2D eigenvalue weighted by molar-refractivity contribution is 0.0598. The highest BCUT2D eigenvalue weighted by Gasteiger charge is 2.16. The Bertz CT molecular complexity index is 746. The van der Waals surface area contributed by atoms with Crippen molar-refractivity contribution in [2.45, 2.75) is 6.92 Å². The highest BCUT2D eigenvalue weighted by atomic mass is 35.5. The van der Waals surface area contributed by atoms with Crippen LogP contribution in [0.15, 0.2) is 18.2 Å². The second kappa shape index (κ2) is 5.68. The zero-order valence-electron chi connectivity index (χ0n) is 10.7. The van der Waals surface area contributed by atoms with Crippen LogP contribution in [-0.2, 0) is 4.74 Å². The molecule has 0 unspecified atom stereocenters. The third-order valence-corrected chi connectivity index (χ3v) is 3.21. The van der Waals surface area contributed by atoms with Crippen LogP contribution >= 0.6 is 23.8 Å². The van der Waals surface area contributed by atoms with E-state index in [1.54, 1.807) is 6.92 Å². The summed E-state index contributed by atoms with van der Waals surface area (Å²) in [6.07, 6.45) is 0. The first-order chi connectivity index (χ1) is 9.43. The number of rotatable bonds is 2. The molecule has 7 heteroatoms. The van der Waals surface area contributed by atoms with Crippen LogP contribution < -0.4 is 0 Å². The lowest BCUT2D eigenvalue weighted by Crippen LogP contribution is -2.09. The Hall–Kier alpha value is -1.79. The van der Waals surface area contributed by atoms with Crippen LogP contribution in [0, 0.1) is 17.4 Å². The Morgan fingerprint density at radius 2 is 2.20 bits per heavy atom. The van der Waals surface area contributed by atoms with Gasteiger partial charge in [-0.15, -0.1) is 0 Å². The molecule has 1 aromatic carbocycles. The van der Waals surface area contributed by atoms with E-state index in [1.807, 2.05) is 0 Å². The number of ether oxygens (including phenoxy) is 1. The molecule has 0 saturated carbocycles. The smallest absolute Gasteiger partial charge is 0.342 e. The molecule has 104 valence electrons. The molecule has 0 aliphatic carbocycles. The van der Waals surface area contributed by atoms with Gasteiger partial charge in [0.1, 0.15) is 21.8 Å². The van der Waals surface area contributed by atoms with Crippen LogP contribution in [-0.4, -0.2) is 23.0 Å². The number of aromatic nitrogens is 2. The SMILES string of the molecule is COC(=O)c1c(C)[nH]c(-c2cc(Cl)ccc2F)nc1=S. The summed E-state index contributed by atoms with van der Waals surface area (Å²) in [6, 6.07) is 4.10. The van der Waals surface area contributed by atoms with E-state index in [0.717, 1.165) is 0 Å². The summed E-state index contributed by atoms with van der Waals surface area (Å²) in [5, 5.41) is 0.372. The zero-order chi connectivity index (χ0) is 14.9. The van der Waals surface area contributed by atoms with Gasteiger partial charge in [0.05, 0.1) is 12.7 Å². The van der Waals surface area contributed by atoms with E-state index in [0.29, 0.717) is 10.7 Å². The maximum Gasteiger partial charge on any atom is 0.342 e. The van der Waals surface area contributed by atoms with Crippen molar-refractivity contribution >= 4 is 29.8 Å². The summed E-state index contributed by atoms with van der Waals surface area (Å²) >= 11 is 10.9. The maximum atomic E-state index is 13.8. The molecule has 0 bridgehead atoms. The summed E-state index contributed by atoms with van der Waals surface area (Å²) in [5.41, 5.74) is 0.794. The zero-order valence-corrected chi connectivity index (χ0v) is 12.2. The van der Waals surface area contributed by atoms with Gasteiger partial charge in [-0.3, -0.25) is 0 Å². The van der Waals surface area contributed by atoms with E-state index in [9.17, 15) is 9.18 Å². The van der Waals surface area contributed by atoms with E-state index < -0.39 is 11.8 Å². The number of benzene rings is 1. The third-order valence-electron chi connectivity index (χ3n) is 2.68. The third kappa shape index (κ3) is 2.71. The molecule has 0 fully saturated rings. The molecule has 0 radical (unpaired) electrons. The molecule has 2 rings (SSSR count). The van der Waals surface area contributed by atoms with Crippen molar-refractivity contribution in [3.05, 3.63) is 44.9 Å². The van der Waals surface area contributed by atoms with Crippen LogP contribution in [0.25, 0.3) is 11.4 Å². The summed E-state index contributed by atoms with van der Waals surface area (Å²) in [5.74, 6) is -0.868. The molecule has 2 aromatic rings. The van der Waals surface area contributed by atoms with E-state index in [2.05, 4.69) is 14.7 Å². The number of hydrogen-bond donors (Lipinski definition) is 1. The Morgan fingerprint density at radius 1 is 1.50 bits per heavy atom. The molecule has 1 N–H and O–H groups in total. The van der Waals surface area contributed by atoms with Crippen molar-refractivity contribution in [1.82, 2.24) is 9.97 Å². The van der Waals surface area contributed by atoms with Gasteiger partial charge in [-0.05, 0) is 25.1 Å². The summed E-state index contributed by atoms with van der Waals surface area (Å²) in [4.78, 5) is 18.5. The predicted molar refractivity (Wildman–Crippen MR) is 75.9 cm³/mol. The van der Waals surface area contributed by atoms with Crippen LogP contribution in [0.2, 0.25) is 5.02 Å². The molecular weight excluding hydrogens is 303 g/mol. The second-order valence-corrected chi connectivity index (χ2v) is 4.83. The normalized spacial score (nSPS) is 10.4. The van der Waals surface area contributed by atoms with Crippen molar-refractivity contribution in [2.75, 3.05) is 7.11 Å². The van der Waals surface area contributed by atoms with Gasteiger partial charge >= 0.3 is 5.97 Å². The molecule has 1 heterocycles. The van der Waals surface area contributed by atoms with Gasteiger partial charge in [0.2, 0.25) is 0 Å². The average molecular weight is 313 g/mol. The van der Waals surface area contributed by atoms with Crippen molar-refractivity contribution < 1.29 is 13.9 Å². The fraction of sp³-hybridized carbons (Fsp3) is 0.154. The number of methoxy groups -OCH3 is 1. The number of carbonyl (C=O) groups is 1. The lowest BCUT2D eigenvalue weighted by atomic mass is 10.1. The van der Waals surface area contributed by atoms with Crippen LogP contribution in [0.1, 0.15) is 16.1 Å². The number of hydrogen-bond acceptors (Lipinski definition) is 4. The monoisotopic (exact) mass is 312 g/mol. The molecule has 20 heavy (non-hydrogen) atoms. The number of nitrogens with one attached hydrogen (secondary N) is 1. The van der Waals surface area contributed by atoms with Crippen LogP contribution in [0.3, 0.4) is 0 Å². The first-order valence-corrected chi connectivity index (χ1v) is 6.37. The molecule has 0 amide bonds. The van der Waals surface area contributed by atoms with E-state index in [1.165, 1.54) is 25.3 Å². The van der Waals surface area contributed by atoms with E-state index in [-0.39, 0.29) is 21.6 Å². The van der Waals surface area contributed by atoms with Crippen molar-refractivity contribution in [1.29, 1.82) is 0 Å². The molecular formula is C13H10ClFN2O2S. The topological polar surface area (TPSA) is 55.0 Å². The van der Waals surface area contributed by atoms with Crippen molar-refractivity contribution in [3.63, 3.8) is 0 Å². The fourth-order valence-electron chi connectivity index (χ4n) is 1.73. The fourth-order valence-corrected chi connectivity index (χ4v) is 2.23. The minimum atomic E-state index is -0.589. The first-order valence-electron chi connectivity index (χ1n) is 5.58. The summed E-state index contributed by atoms with van der Waals surface area (Å²) < 4.78 is 18.5. The van der Waals surface area contributed by atoms with Crippen molar-refractivity contribution in [3.8, 4) is 11.4 Å². The number of aryl methyl sites for hydroxylation is 1. The number of aromatic amines is 1. The second-order valence-electron chi connectivity index (χ2n) is 4.01. The predicted octanol–water partition coefficient (Wildman–Crippen LogP) is 3.69. The first kappa shape index (κ1) is 14.6. The van der Waals surface area contributed by atoms with Gasteiger partial charge in [0.25, 0.3) is 0 Å². The standard InChI is InChI=1S/C13H10ClFN2O2S/c1-6-10(13(18)19-2)12(20)17-11(16-6)8-5-7(14)3-4-9(8)15/h3-5H,1-2H3,(H,16,17,20). The Labute approximate surface area is 124 Å². The minimum Gasteiger partial charge on any atom is -0.465 e. The number of halogens is 2. The Morgan fingerprint density at radius 3 is 2.80 bits per heavy atom. The van der Waals surface area contributed by atoms with Gasteiger partial charge in [-0.25, -0.2) is 14.2 Å². The molecule has 1 aromatic heterocycles.